The fraction of sp³-hybridized carbons (Fsp3) is 0.611. The molecule has 1 saturated heterocycles. The lowest BCUT2D eigenvalue weighted by atomic mass is 9.71. The van der Waals surface area contributed by atoms with Crippen LogP contribution in [0.15, 0.2) is 24.3 Å². The molecule has 3 nitrogen and oxygen atoms in total. The lowest BCUT2D eigenvalue weighted by Gasteiger charge is -2.45. The first kappa shape index (κ1) is 14.6. The van der Waals surface area contributed by atoms with Crippen molar-refractivity contribution in [3.63, 3.8) is 0 Å². The lowest BCUT2D eigenvalue weighted by Crippen LogP contribution is -2.53. The highest BCUT2D eigenvalue weighted by Gasteiger charge is 2.43. The van der Waals surface area contributed by atoms with E-state index < -0.39 is 5.41 Å². The molecule has 0 radical (unpaired) electrons. The average molecular weight is 286 g/mol. The minimum atomic E-state index is -0.452. The van der Waals surface area contributed by atoms with Gasteiger partial charge in [0.1, 0.15) is 0 Å². The van der Waals surface area contributed by atoms with Gasteiger partial charge in [-0.2, -0.15) is 0 Å². The number of carbonyl (C=O) groups is 1. The summed E-state index contributed by atoms with van der Waals surface area (Å²) in [5, 5.41) is 0. The summed E-state index contributed by atoms with van der Waals surface area (Å²) in [6.07, 6.45) is 6.78. The van der Waals surface area contributed by atoms with Crippen LogP contribution in [0, 0.1) is 0 Å². The number of carbonyl (C=O) groups excluding carboxylic acids is 1. The number of hydrogen-bond acceptors (Lipinski definition) is 2. The van der Waals surface area contributed by atoms with Crippen LogP contribution in [0.4, 0.5) is 0 Å². The molecule has 0 bridgehead atoms. The van der Waals surface area contributed by atoms with Crippen molar-refractivity contribution < 1.29 is 4.79 Å². The molecular weight excluding hydrogens is 260 g/mol. The number of likely N-dealkylation sites (tertiary alicyclic amines) is 1. The molecule has 2 fully saturated rings. The number of nitrogens with two attached hydrogens (primary N) is 1. The summed E-state index contributed by atoms with van der Waals surface area (Å²) >= 11 is 0. The first-order valence-corrected chi connectivity index (χ1v) is 8.29. The van der Waals surface area contributed by atoms with E-state index in [0.717, 1.165) is 44.0 Å². The summed E-state index contributed by atoms with van der Waals surface area (Å²) in [5.74, 6) is -0.153. The molecule has 21 heavy (non-hydrogen) atoms. The first-order chi connectivity index (χ1) is 10.2. The molecule has 0 spiro atoms. The van der Waals surface area contributed by atoms with Gasteiger partial charge in [0.15, 0.2) is 0 Å². The van der Waals surface area contributed by atoms with Gasteiger partial charge >= 0.3 is 0 Å². The Kier molecular flexibility index (Phi) is 4.03. The van der Waals surface area contributed by atoms with Crippen molar-refractivity contribution in [1.29, 1.82) is 0 Å². The van der Waals surface area contributed by atoms with Gasteiger partial charge in [0.2, 0.25) is 5.91 Å². The van der Waals surface area contributed by atoms with Gasteiger partial charge in [0.25, 0.3) is 0 Å². The topological polar surface area (TPSA) is 46.3 Å². The van der Waals surface area contributed by atoms with Gasteiger partial charge in [0.05, 0.1) is 5.41 Å². The Morgan fingerprint density at radius 2 is 1.86 bits per heavy atom. The molecule has 1 aliphatic carbocycles. The van der Waals surface area contributed by atoms with Gasteiger partial charge in [-0.05, 0) is 56.3 Å². The van der Waals surface area contributed by atoms with E-state index in [4.69, 9.17) is 5.73 Å². The molecule has 1 amide bonds. The second-order valence-corrected chi connectivity index (χ2v) is 6.62. The van der Waals surface area contributed by atoms with Crippen molar-refractivity contribution in [2.45, 2.75) is 56.9 Å². The number of benzene rings is 1. The summed E-state index contributed by atoms with van der Waals surface area (Å²) < 4.78 is 0. The molecule has 3 rings (SSSR count). The minimum absolute atomic E-state index is 0.153. The van der Waals surface area contributed by atoms with Crippen LogP contribution in [0.25, 0.3) is 0 Å². The highest BCUT2D eigenvalue weighted by Crippen LogP contribution is 2.38. The molecule has 1 saturated carbocycles. The Morgan fingerprint density at radius 1 is 1.24 bits per heavy atom. The van der Waals surface area contributed by atoms with Crippen LogP contribution in [0.1, 0.15) is 50.2 Å². The van der Waals surface area contributed by atoms with E-state index in [9.17, 15) is 4.79 Å². The van der Waals surface area contributed by atoms with Crippen molar-refractivity contribution >= 4 is 5.91 Å². The van der Waals surface area contributed by atoms with Gasteiger partial charge in [0, 0.05) is 6.04 Å². The monoisotopic (exact) mass is 286 g/mol. The average Bonchev–Trinajstić information content (AvgIpc) is 2.46. The summed E-state index contributed by atoms with van der Waals surface area (Å²) in [7, 11) is 0. The van der Waals surface area contributed by atoms with E-state index in [-0.39, 0.29) is 5.91 Å². The van der Waals surface area contributed by atoms with Crippen LogP contribution in [-0.4, -0.2) is 29.9 Å². The van der Waals surface area contributed by atoms with Crippen LogP contribution in [0.3, 0.4) is 0 Å². The highest BCUT2D eigenvalue weighted by molar-refractivity contribution is 5.87. The molecule has 3 heteroatoms. The normalized spacial score (nSPS) is 22.7. The highest BCUT2D eigenvalue weighted by atomic mass is 16.1. The maximum atomic E-state index is 12.2. The Morgan fingerprint density at radius 3 is 2.29 bits per heavy atom. The zero-order valence-corrected chi connectivity index (χ0v) is 13.0. The maximum absolute atomic E-state index is 12.2. The minimum Gasteiger partial charge on any atom is -0.369 e. The van der Waals surface area contributed by atoms with Crippen LogP contribution in [0.5, 0.6) is 0 Å². The van der Waals surface area contributed by atoms with Crippen molar-refractivity contribution in [2.75, 3.05) is 13.1 Å². The van der Waals surface area contributed by atoms with E-state index in [1.165, 1.54) is 24.8 Å². The Bertz CT molecular complexity index is 496. The van der Waals surface area contributed by atoms with E-state index in [1.54, 1.807) is 0 Å². The number of rotatable bonds is 4. The van der Waals surface area contributed by atoms with E-state index in [0.29, 0.717) is 0 Å². The third-order valence-electron chi connectivity index (χ3n) is 5.63. The number of nitrogens with zero attached hydrogens (tertiary/aromatic N) is 1. The molecule has 1 heterocycles. The second-order valence-electron chi connectivity index (χ2n) is 6.62. The van der Waals surface area contributed by atoms with Crippen molar-refractivity contribution in [3.05, 3.63) is 35.4 Å². The Labute approximate surface area is 127 Å². The smallest absolute Gasteiger partial charge is 0.228 e. The summed E-state index contributed by atoms with van der Waals surface area (Å²) in [6.45, 7) is 4.15. The van der Waals surface area contributed by atoms with Gasteiger partial charge in [-0.25, -0.2) is 0 Å². The predicted molar refractivity (Wildman–Crippen MR) is 85.1 cm³/mol. The van der Waals surface area contributed by atoms with E-state index in [1.807, 2.05) is 0 Å². The zero-order chi connectivity index (χ0) is 14.9. The van der Waals surface area contributed by atoms with Crippen LogP contribution in [0.2, 0.25) is 0 Å². The van der Waals surface area contributed by atoms with Gasteiger partial charge in [-0.15, -0.1) is 0 Å². The maximum Gasteiger partial charge on any atom is 0.228 e. The third kappa shape index (κ3) is 2.59. The molecule has 0 aromatic heterocycles. The molecule has 0 atom stereocenters. The zero-order valence-electron chi connectivity index (χ0n) is 13.0. The van der Waals surface area contributed by atoms with E-state index >= 15 is 0 Å². The van der Waals surface area contributed by atoms with Crippen LogP contribution < -0.4 is 5.73 Å². The molecule has 1 aromatic rings. The number of primary amides is 1. The fourth-order valence-electron chi connectivity index (χ4n) is 3.76. The standard InChI is InChI=1S/C18H26N2O/c1-2-14-6-8-15(9-7-14)18(17(19)21)10-12-20(13-11-18)16-4-3-5-16/h6-9,16H,2-5,10-13H2,1H3,(H2,19,21). The lowest BCUT2D eigenvalue weighted by molar-refractivity contribution is -0.125. The van der Waals surface area contributed by atoms with Crippen molar-refractivity contribution in [2.24, 2.45) is 5.73 Å². The van der Waals surface area contributed by atoms with Crippen LogP contribution >= 0.6 is 0 Å². The molecular formula is C18H26N2O. The second kappa shape index (κ2) is 5.80. The number of amides is 1. The summed E-state index contributed by atoms with van der Waals surface area (Å²) in [5.41, 5.74) is 7.79. The van der Waals surface area contributed by atoms with Crippen molar-refractivity contribution in [1.82, 2.24) is 4.90 Å². The molecule has 2 N–H and O–H groups in total. The van der Waals surface area contributed by atoms with Gasteiger partial charge in [-0.3, -0.25) is 4.79 Å². The first-order valence-electron chi connectivity index (χ1n) is 8.29. The molecule has 114 valence electrons. The predicted octanol–water partition coefficient (Wildman–Crippen LogP) is 2.62. The largest absolute Gasteiger partial charge is 0.369 e. The third-order valence-corrected chi connectivity index (χ3v) is 5.63. The van der Waals surface area contributed by atoms with Gasteiger partial charge < -0.3 is 10.6 Å². The summed E-state index contributed by atoms with van der Waals surface area (Å²) in [6, 6.07) is 9.26. The molecule has 1 aliphatic heterocycles. The number of hydrogen-bond donors (Lipinski definition) is 1. The Hall–Kier alpha value is -1.35. The molecule has 2 aliphatic rings. The molecule has 0 unspecified atom stereocenters. The fourth-order valence-corrected chi connectivity index (χ4v) is 3.76. The van der Waals surface area contributed by atoms with Crippen molar-refractivity contribution in [3.8, 4) is 0 Å². The Balaban J connectivity index is 1.78. The number of aryl methyl sites for hydroxylation is 1. The molecule has 1 aromatic carbocycles. The van der Waals surface area contributed by atoms with E-state index in [2.05, 4.69) is 36.1 Å². The summed E-state index contributed by atoms with van der Waals surface area (Å²) in [4.78, 5) is 14.8. The number of piperidine rings is 1. The van der Waals surface area contributed by atoms with Crippen LogP contribution in [-0.2, 0) is 16.6 Å². The SMILES string of the molecule is CCc1ccc(C2(C(N)=O)CCN(C3CCC3)CC2)cc1. The van der Waals surface area contributed by atoms with Gasteiger partial charge in [-0.1, -0.05) is 37.6 Å². The quantitative estimate of drug-likeness (QED) is 0.925.